The minimum absolute atomic E-state index is 0.859. The topological polar surface area (TPSA) is 42.2 Å². The molecular weight excluding hydrogens is 258 g/mol. The average molecular weight is 275 g/mol. The molecule has 0 N–H and O–H groups in total. The Hall–Kier alpha value is -1.33. The zero-order chi connectivity index (χ0) is 13.2. The fourth-order valence-corrected chi connectivity index (χ4v) is 2.74. The Labute approximate surface area is 117 Å². The highest BCUT2D eigenvalue weighted by Gasteiger charge is 2.19. The third-order valence-corrected chi connectivity index (χ3v) is 3.91. The number of hydrogen-bond donors (Lipinski definition) is 0. The molecule has 2 aromatic rings. The Morgan fingerprint density at radius 1 is 1.42 bits per heavy atom. The van der Waals surface area contributed by atoms with Crippen molar-refractivity contribution in [3.05, 3.63) is 41.1 Å². The van der Waals surface area contributed by atoms with Crippen LogP contribution in [0.1, 0.15) is 22.8 Å². The van der Waals surface area contributed by atoms with Crippen LogP contribution in [0.25, 0.3) is 0 Å². The lowest BCUT2D eigenvalue weighted by Gasteiger charge is -2.27. The van der Waals surface area contributed by atoms with Gasteiger partial charge in [-0.3, -0.25) is 4.90 Å². The van der Waals surface area contributed by atoms with Gasteiger partial charge >= 0.3 is 0 Å². The molecule has 100 valence electrons. The van der Waals surface area contributed by atoms with Gasteiger partial charge in [0, 0.05) is 31.3 Å². The predicted molar refractivity (Wildman–Crippen MR) is 75.1 cm³/mol. The largest absolute Gasteiger partial charge is 0.465 e. The summed E-state index contributed by atoms with van der Waals surface area (Å²) in [6.07, 6.45) is 4.97. The zero-order valence-corrected chi connectivity index (χ0v) is 12.0. The van der Waals surface area contributed by atoms with E-state index in [4.69, 9.17) is 4.42 Å². The van der Waals surface area contributed by atoms with Crippen LogP contribution < -0.4 is 0 Å². The number of rotatable bonds is 3. The summed E-state index contributed by atoms with van der Waals surface area (Å²) in [4.78, 5) is 11.3. The molecule has 19 heavy (non-hydrogen) atoms. The molecule has 0 saturated heterocycles. The van der Waals surface area contributed by atoms with Crippen LogP contribution in [-0.4, -0.2) is 27.7 Å². The quantitative estimate of drug-likeness (QED) is 0.636. The molecule has 0 saturated carbocycles. The van der Waals surface area contributed by atoms with Crippen LogP contribution in [0.3, 0.4) is 0 Å². The molecule has 5 heteroatoms. The molecule has 0 spiro atoms. The van der Waals surface area contributed by atoms with Crippen molar-refractivity contribution in [3.8, 4) is 0 Å². The van der Waals surface area contributed by atoms with Crippen LogP contribution in [0.5, 0.6) is 0 Å². The lowest BCUT2D eigenvalue weighted by Crippen LogP contribution is -2.30. The van der Waals surface area contributed by atoms with E-state index in [2.05, 4.69) is 20.9 Å². The molecule has 0 amide bonds. The number of hydrogen-bond acceptors (Lipinski definition) is 5. The number of nitrogens with zero attached hydrogens (tertiary/aromatic N) is 3. The maximum absolute atomic E-state index is 5.63. The van der Waals surface area contributed by atoms with Crippen LogP contribution >= 0.6 is 11.8 Å². The maximum Gasteiger partial charge on any atom is 0.187 e. The van der Waals surface area contributed by atoms with Gasteiger partial charge in [0.1, 0.15) is 11.5 Å². The van der Waals surface area contributed by atoms with Gasteiger partial charge in [-0.05, 0) is 25.3 Å². The first kappa shape index (κ1) is 12.7. The second kappa shape index (κ2) is 5.35. The van der Waals surface area contributed by atoms with Crippen molar-refractivity contribution < 1.29 is 4.42 Å². The van der Waals surface area contributed by atoms with Crippen LogP contribution in [-0.2, 0) is 19.5 Å². The van der Waals surface area contributed by atoms with Gasteiger partial charge in [0.05, 0.1) is 12.2 Å². The molecule has 2 aromatic heterocycles. The van der Waals surface area contributed by atoms with Gasteiger partial charge in [-0.1, -0.05) is 11.8 Å². The molecule has 0 aromatic carbocycles. The van der Waals surface area contributed by atoms with E-state index in [1.165, 1.54) is 11.3 Å². The maximum atomic E-state index is 5.63. The molecule has 3 rings (SSSR count). The van der Waals surface area contributed by atoms with Gasteiger partial charge in [-0.25, -0.2) is 9.97 Å². The summed E-state index contributed by atoms with van der Waals surface area (Å²) >= 11 is 1.60. The van der Waals surface area contributed by atoms with Crippen LogP contribution in [0.4, 0.5) is 0 Å². The van der Waals surface area contributed by atoms with Gasteiger partial charge in [-0.2, -0.15) is 0 Å². The van der Waals surface area contributed by atoms with Crippen molar-refractivity contribution >= 4 is 11.8 Å². The SMILES string of the molecule is CSc1ncc2c(n1)CCN(Cc1ccc(C)o1)C2. The van der Waals surface area contributed by atoms with Crippen molar-refractivity contribution in [2.24, 2.45) is 0 Å². The molecule has 0 aliphatic carbocycles. The lowest BCUT2D eigenvalue weighted by molar-refractivity contribution is 0.221. The summed E-state index contributed by atoms with van der Waals surface area (Å²) in [7, 11) is 0. The van der Waals surface area contributed by atoms with E-state index >= 15 is 0 Å². The van der Waals surface area contributed by atoms with Crippen molar-refractivity contribution in [3.63, 3.8) is 0 Å². The molecule has 1 aliphatic heterocycles. The Morgan fingerprint density at radius 2 is 2.32 bits per heavy atom. The molecule has 0 bridgehead atoms. The summed E-state index contributed by atoms with van der Waals surface area (Å²) in [6.45, 7) is 4.77. The summed E-state index contributed by atoms with van der Waals surface area (Å²) in [5.41, 5.74) is 2.44. The minimum Gasteiger partial charge on any atom is -0.465 e. The number of fused-ring (bicyclic) bond motifs is 1. The Balaban J connectivity index is 1.71. The molecule has 0 fully saturated rings. The monoisotopic (exact) mass is 275 g/mol. The third-order valence-electron chi connectivity index (χ3n) is 3.35. The normalized spacial score (nSPS) is 15.5. The number of aryl methyl sites for hydroxylation is 1. The molecular formula is C14H17N3OS. The highest BCUT2D eigenvalue weighted by atomic mass is 32.2. The van der Waals surface area contributed by atoms with Gasteiger partial charge in [0.2, 0.25) is 0 Å². The Kier molecular flexibility index (Phi) is 3.57. The van der Waals surface area contributed by atoms with Gasteiger partial charge < -0.3 is 4.42 Å². The van der Waals surface area contributed by atoms with E-state index in [0.29, 0.717) is 0 Å². The highest BCUT2D eigenvalue weighted by Crippen LogP contribution is 2.21. The van der Waals surface area contributed by atoms with Crippen LogP contribution in [0.2, 0.25) is 0 Å². The first-order valence-electron chi connectivity index (χ1n) is 6.41. The second-order valence-corrected chi connectivity index (χ2v) is 5.58. The van der Waals surface area contributed by atoms with Crippen LogP contribution in [0.15, 0.2) is 27.9 Å². The van der Waals surface area contributed by atoms with Gasteiger partial charge in [0.15, 0.2) is 5.16 Å². The number of furan rings is 1. The van der Waals surface area contributed by atoms with Gasteiger partial charge in [0.25, 0.3) is 0 Å². The third kappa shape index (κ3) is 2.82. The Morgan fingerprint density at radius 3 is 3.05 bits per heavy atom. The lowest BCUT2D eigenvalue weighted by atomic mass is 10.1. The number of thioether (sulfide) groups is 1. The van der Waals surface area contributed by atoms with Crippen LogP contribution in [0, 0.1) is 6.92 Å². The predicted octanol–water partition coefficient (Wildman–Crippen LogP) is 2.66. The van der Waals surface area contributed by atoms with E-state index in [9.17, 15) is 0 Å². The highest BCUT2D eigenvalue weighted by molar-refractivity contribution is 7.98. The average Bonchev–Trinajstić information content (AvgIpc) is 2.83. The molecule has 4 nitrogen and oxygen atoms in total. The van der Waals surface area contributed by atoms with Gasteiger partial charge in [-0.15, -0.1) is 0 Å². The summed E-state index contributed by atoms with van der Waals surface area (Å²) in [6, 6.07) is 4.07. The summed E-state index contributed by atoms with van der Waals surface area (Å²) in [5.74, 6) is 2.00. The van der Waals surface area contributed by atoms with Crippen molar-refractivity contribution in [1.82, 2.24) is 14.9 Å². The van der Waals surface area contributed by atoms with E-state index in [1.807, 2.05) is 25.4 Å². The van der Waals surface area contributed by atoms with Crippen molar-refractivity contribution in [2.45, 2.75) is 31.6 Å². The van der Waals surface area contributed by atoms with E-state index in [0.717, 1.165) is 42.7 Å². The fourth-order valence-electron chi connectivity index (χ4n) is 2.38. The van der Waals surface area contributed by atoms with E-state index in [1.54, 1.807) is 11.8 Å². The molecule has 0 radical (unpaired) electrons. The van der Waals surface area contributed by atoms with E-state index in [-0.39, 0.29) is 0 Å². The first-order chi connectivity index (χ1) is 9.24. The second-order valence-electron chi connectivity index (χ2n) is 4.80. The molecule has 1 aliphatic rings. The zero-order valence-electron chi connectivity index (χ0n) is 11.2. The molecule has 3 heterocycles. The van der Waals surface area contributed by atoms with Crippen molar-refractivity contribution in [1.29, 1.82) is 0 Å². The Bertz CT molecular complexity index is 582. The first-order valence-corrected chi connectivity index (χ1v) is 7.63. The minimum atomic E-state index is 0.859. The van der Waals surface area contributed by atoms with Crippen molar-refractivity contribution in [2.75, 3.05) is 12.8 Å². The standard InChI is InChI=1S/C14H17N3OS/c1-10-3-4-12(18-10)9-17-6-5-13-11(8-17)7-15-14(16-13)19-2/h3-4,7H,5-6,8-9H2,1-2H3. The smallest absolute Gasteiger partial charge is 0.187 e. The summed E-state index contributed by atoms with van der Waals surface area (Å²) < 4.78 is 5.63. The summed E-state index contributed by atoms with van der Waals surface area (Å²) in [5, 5.41) is 0.869. The molecule has 0 unspecified atom stereocenters. The molecule has 0 atom stereocenters. The van der Waals surface area contributed by atoms with E-state index < -0.39 is 0 Å². The fraction of sp³-hybridized carbons (Fsp3) is 0.429. The number of aromatic nitrogens is 2.